The van der Waals surface area contributed by atoms with E-state index in [0.717, 1.165) is 0 Å². The highest BCUT2D eigenvalue weighted by molar-refractivity contribution is 7.89. The molecule has 0 aromatic carbocycles. The summed E-state index contributed by atoms with van der Waals surface area (Å²) in [5, 5.41) is 5.59. The third-order valence-electron chi connectivity index (χ3n) is 4.04. The molecule has 0 unspecified atom stereocenters. The molecule has 3 rings (SSSR count). The van der Waals surface area contributed by atoms with E-state index in [9.17, 15) is 13.2 Å². The van der Waals surface area contributed by atoms with Crippen molar-refractivity contribution in [2.24, 2.45) is 0 Å². The number of carbonyl (C=O) groups excluding carboxylic acids is 1. The van der Waals surface area contributed by atoms with Crippen LogP contribution in [0.2, 0.25) is 0 Å². The summed E-state index contributed by atoms with van der Waals surface area (Å²) in [6.07, 6.45) is 0.597. The molecular weight excluding hydrogens is 350 g/mol. The normalized spacial score (nSPS) is 17.0. The van der Waals surface area contributed by atoms with E-state index in [-0.39, 0.29) is 17.3 Å². The molecule has 9 heteroatoms. The number of carbonyl (C=O) groups is 1. The predicted octanol–water partition coefficient (Wildman–Crippen LogP) is 1.89. The van der Waals surface area contributed by atoms with Crippen LogP contribution in [-0.4, -0.2) is 54.9 Å². The Labute approximate surface area is 144 Å². The zero-order valence-corrected chi connectivity index (χ0v) is 15.2. The van der Waals surface area contributed by atoms with Crippen LogP contribution in [0.4, 0.5) is 0 Å². The van der Waals surface area contributed by atoms with Crippen LogP contribution < -0.4 is 0 Å². The summed E-state index contributed by atoms with van der Waals surface area (Å²) in [6, 6.07) is 3.63. The first kappa shape index (κ1) is 17.1. The molecule has 0 aliphatic carbocycles. The molecule has 1 aliphatic rings. The van der Waals surface area contributed by atoms with Gasteiger partial charge in [-0.3, -0.25) is 4.79 Å². The minimum Gasteiger partial charge on any atom is -0.360 e. The second kappa shape index (κ2) is 6.66. The van der Waals surface area contributed by atoms with Crippen molar-refractivity contribution in [3.05, 3.63) is 33.8 Å². The average Bonchev–Trinajstić information content (AvgIpc) is 3.10. The lowest BCUT2D eigenvalue weighted by Crippen LogP contribution is -2.37. The van der Waals surface area contributed by atoms with Crippen LogP contribution in [0.3, 0.4) is 0 Å². The van der Waals surface area contributed by atoms with Gasteiger partial charge >= 0.3 is 0 Å². The van der Waals surface area contributed by atoms with E-state index in [1.807, 2.05) is 11.4 Å². The molecule has 1 saturated heterocycles. The van der Waals surface area contributed by atoms with Gasteiger partial charge in [0.1, 0.15) is 10.6 Å². The number of hydrogen-bond donors (Lipinski definition) is 0. The molecule has 2 aromatic rings. The monoisotopic (exact) mass is 369 g/mol. The summed E-state index contributed by atoms with van der Waals surface area (Å²) >= 11 is 1.40. The van der Waals surface area contributed by atoms with E-state index < -0.39 is 10.0 Å². The zero-order valence-electron chi connectivity index (χ0n) is 13.6. The molecule has 130 valence electrons. The molecule has 0 bridgehead atoms. The Kier molecular flexibility index (Phi) is 4.75. The van der Waals surface area contributed by atoms with Crippen molar-refractivity contribution in [2.45, 2.75) is 25.2 Å². The number of hydrogen-bond acceptors (Lipinski definition) is 6. The third kappa shape index (κ3) is 3.11. The van der Waals surface area contributed by atoms with Gasteiger partial charge in [-0.2, -0.15) is 4.31 Å². The smallest absolute Gasteiger partial charge is 0.263 e. The zero-order chi connectivity index (χ0) is 17.3. The summed E-state index contributed by atoms with van der Waals surface area (Å²) < 4.78 is 32.2. The Morgan fingerprint density at radius 3 is 2.67 bits per heavy atom. The van der Waals surface area contributed by atoms with E-state index in [4.69, 9.17) is 4.52 Å². The Bertz CT molecular complexity index is 808. The largest absolute Gasteiger partial charge is 0.360 e. The fourth-order valence-electron chi connectivity index (χ4n) is 2.87. The number of aryl methyl sites for hydroxylation is 2. The maximum atomic E-state index is 12.9. The number of aromatic nitrogens is 1. The van der Waals surface area contributed by atoms with Gasteiger partial charge in [-0.15, -0.1) is 11.3 Å². The summed E-state index contributed by atoms with van der Waals surface area (Å²) in [7, 11) is -3.66. The number of amides is 1. The first-order chi connectivity index (χ1) is 11.4. The highest BCUT2D eigenvalue weighted by Gasteiger charge is 2.33. The van der Waals surface area contributed by atoms with Gasteiger partial charge in [-0.1, -0.05) is 11.2 Å². The van der Waals surface area contributed by atoms with Crippen LogP contribution in [0.5, 0.6) is 0 Å². The number of nitrogens with zero attached hydrogens (tertiary/aromatic N) is 3. The van der Waals surface area contributed by atoms with Crippen molar-refractivity contribution < 1.29 is 17.7 Å². The van der Waals surface area contributed by atoms with Crippen LogP contribution in [0.25, 0.3) is 0 Å². The van der Waals surface area contributed by atoms with E-state index >= 15 is 0 Å². The molecule has 1 amide bonds. The third-order valence-corrected chi connectivity index (χ3v) is 7.04. The van der Waals surface area contributed by atoms with Gasteiger partial charge in [-0.05, 0) is 31.7 Å². The van der Waals surface area contributed by atoms with Gasteiger partial charge in [0.15, 0.2) is 5.76 Å². The predicted molar refractivity (Wildman–Crippen MR) is 89.6 cm³/mol. The molecule has 24 heavy (non-hydrogen) atoms. The van der Waals surface area contributed by atoms with Gasteiger partial charge in [0.25, 0.3) is 5.91 Å². The second-order valence-corrected chi connectivity index (χ2v) is 8.50. The molecule has 0 radical (unpaired) electrons. The van der Waals surface area contributed by atoms with E-state index in [0.29, 0.717) is 42.4 Å². The van der Waals surface area contributed by atoms with Crippen molar-refractivity contribution in [2.75, 3.05) is 26.2 Å². The average molecular weight is 369 g/mol. The van der Waals surface area contributed by atoms with E-state index in [1.54, 1.807) is 24.8 Å². The molecule has 2 aromatic heterocycles. The molecule has 1 fully saturated rings. The van der Waals surface area contributed by atoms with Crippen molar-refractivity contribution in [3.8, 4) is 0 Å². The Morgan fingerprint density at radius 1 is 1.25 bits per heavy atom. The maximum absolute atomic E-state index is 12.9. The summed E-state index contributed by atoms with van der Waals surface area (Å²) in [5.74, 6) is 0.254. The molecular formula is C15H19N3O4S2. The molecule has 1 aliphatic heterocycles. The molecule has 0 saturated carbocycles. The fourth-order valence-corrected chi connectivity index (χ4v) is 5.32. The van der Waals surface area contributed by atoms with E-state index in [1.165, 1.54) is 15.6 Å². The maximum Gasteiger partial charge on any atom is 0.263 e. The number of sulfonamides is 1. The molecule has 7 nitrogen and oxygen atoms in total. The molecule has 0 spiro atoms. The van der Waals surface area contributed by atoms with Crippen LogP contribution in [-0.2, 0) is 10.0 Å². The van der Waals surface area contributed by atoms with Crippen LogP contribution in [0, 0.1) is 13.8 Å². The van der Waals surface area contributed by atoms with Gasteiger partial charge in [0.05, 0.1) is 4.88 Å². The summed E-state index contributed by atoms with van der Waals surface area (Å²) in [5.41, 5.74) is 0.364. The highest BCUT2D eigenvalue weighted by atomic mass is 32.2. The SMILES string of the molecule is Cc1noc(C)c1S(=O)(=O)N1CCCN(C(=O)c2cccs2)CC1. The standard InChI is InChI=1S/C15H19N3O4S2/c1-11-14(12(2)22-16-11)24(20,21)18-7-4-6-17(8-9-18)15(19)13-5-3-10-23-13/h3,5,10H,4,6-9H2,1-2H3. The van der Waals surface area contributed by atoms with E-state index in [2.05, 4.69) is 5.16 Å². The number of rotatable bonds is 3. The van der Waals surface area contributed by atoms with Crippen molar-refractivity contribution in [1.82, 2.24) is 14.4 Å². The van der Waals surface area contributed by atoms with Gasteiger partial charge < -0.3 is 9.42 Å². The summed E-state index contributed by atoms with van der Waals surface area (Å²) in [4.78, 5) is 15.0. The lowest BCUT2D eigenvalue weighted by Gasteiger charge is -2.21. The van der Waals surface area contributed by atoms with Crippen molar-refractivity contribution >= 4 is 27.3 Å². The minimum absolute atomic E-state index is 0.0402. The van der Waals surface area contributed by atoms with Gasteiger partial charge in [0, 0.05) is 26.2 Å². The van der Waals surface area contributed by atoms with Crippen molar-refractivity contribution in [1.29, 1.82) is 0 Å². The second-order valence-electron chi connectivity index (χ2n) is 5.68. The lowest BCUT2D eigenvalue weighted by molar-refractivity contribution is 0.0769. The lowest BCUT2D eigenvalue weighted by atomic mass is 10.3. The summed E-state index contributed by atoms with van der Waals surface area (Å²) in [6.45, 7) is 4.78. The minimum atomic E-state index is -3.66. The highest BCUT2D eigenvalue weighted by Crippen LogP contribution is 2.24. The first-order valence-corrected chi connectivity index (χ1v) is 9.99. The molecule has 0 N–H and O–H groups in total. The first-order valence-electron chi connectivity index (χ1n) is 7.67. The quantitative estimate of drug-likeness (QED) is 0.825. The topological polar surface area (TPSA) is 83.7 Å². The fraction of sp³-hybridized carbons (Fsp3) is 0.467. The van der Waals surface area contributed by atoms with Crippen LogP contribution in [0.15, 0.2) is 26.9 Å². The Hall–Kier alpha value is -1.71. The van der Waals surface area contributed by atoms with Crippen LogP contribution in [0.1, 0.15) is 27.5 Å². The van der Waals surface area contributed by atoms with Gasteiger partial charge in [-0.25, -0.2) is 8.42 Å². The molecule has 0 atom stereocenters. The number of thiophene rings is 1. The Balaban J connectivity index is 1.77. The van der Waals surface area contributed by atoms with Gasteiger partial charge in [0.2, 0.25) is 10.0 Å². The molecule has 3 heterocycles. The van der Waals surface area contributed by atoms with Crippen LogP contribution >= 0.6 is 11.3 Å². The Morgan fingerprint density at radius 2 is 2.04 bits per heavy atom. The van der Waals surface area contributed by atoms with Crippen molar-refractivity contribution in [3.63, 3.8) is 0 Å².